The Morgan fingerprint density at radius 2 is 1.13 bits per heavy atom. The molecule has 0 fully saturated rings. The number of ether oxygens (including phenoxy) is 1. The molecule has 6 rings (SSSR count). The first kappa shape index (κ1) is 46.6. The molecule has 3 aromatic heterocycles. The Balaban J connectivity index is 0.000000232. The Bertz CT molecular complexity index is 2340. The van der Waals surface area contributed by atoms with Gasteiger partial charge in [-0.2, -0.15) is 0 Å². The normalized spacial score (nSPS) is 11.0. The third-order valence-corrected chi connectivity index (χ3v) is 12.4. The molecule has 0 N–H and O–H groups in total. The van der Waals surface area contributed by atoms with Crippen molar-refractivity contribution in [3.63, 3.8) is 0 Å². The van der Waals surface area contributed by atoms with E-state index in [2.05, 4.69) is 51.0 Å². The second-order valence-electron chi connectivity index (χ2n) is 13.9. The highest BCUT2D eigenvalue weighted by Gasteiger charge is 2.25. The lowest BCUT2D eigenvalue weighted by Crippen LogP contribution is -2.34. The number of nitrogens with zero attached hydrogens (tertiary/aromatic N) is 8. The highest BCUT2D eigenvalue weighted by atomic mass is 35.5. The molecule has 11 nitrogen and oxygen atoms in total. The Hall–Kier alpha value is -4.50. The number of pyridine rings is 1. The van der Waals surface area contributed by atoms with Crippen LogP contribution >= 0.6 is 57.5 Å². The Morgan fingerprint density at radius 1 is 0.650 bits per heavy atom. The maximum Gasteiger partial charge on any atom is 0.261 e. The summed E-state index contributed by atoms with van der Waals surface area (Å²) in [7, 11) is 1.68. The molecule has 16 heteroatoms. The molecular formula is C44H49Cl3N8O3S2. The number of rotatable bonds is 16. The maximum atomic E-state index is 13.5. The zero-order valence-corrected chi connectivity index (χ0v) is 38.7. The molecule has 0 spiro atoms. The van der Waals surface area contributed by atoms with Crippen LogP contribution in [0, 0.1) is 20.8 Å². The van der Waals surface area contributed by atoms with Crippen LogP contribution in [0.5, 0.6) is 5.75 Å². The lowest BCUT2D eigenvalue weighted by Gasteiger charge is -2.23. The monoisotopic (exact) mass is 906 g/mol. The van der Waals surface area contributed by atoms with Crippen molar-refractivity contribution >= 4 is 79.6 Å². The number of carbonyl (C=O) groups is 2. The standard InChI is InChI=1S/C25H31ClN4O2S.C19H18Cl2N4OS/c1-6-29(7-2)13-10-14-30(24(31)20-11-8-9-12-21(20)26)25-28-27-23(33-25)19-15-17(3)22(32-5)18(4)16-19;1-3-4-9-25(18(26)14-7-5-6-8-15(14)20)19-24-23-17(27-19)13-10-12(2)22-16(21)11-13/h8-9,11-12,15-16H,6-7,10,13-14H2,1-5H3;5-8,10-11H,3-4,9H2,1-2H3. The Kier molecular flexibility index (Phi) is 17.4. The van der Waals surface area contributed by atoms with Crippen molar-refractivity contribution in [2.75, 3.05) is 49.6 Å². The summed E-state index contributed by atoms with van der Waals surface area (Å²) >= 11 is 21.4. The van der Waals surface area contributed by atoms with E-state index >= 15 is 0 Å². The molecule has 3 heterocycles. The number of benzene rings is 3. The van der Waals surface area contributed by atoms with E-state index in [4.69, 9.17) is 39.5 Å². The topological polar surface area (TPSA) is 118 Å². The van der Waals surface area contributed by atoms with Gasteiger partial charge in [-0.3, -0.25) is 19.4 Å². The maximum absolute atomic E-state index is 13.5. The zero-order chi connectivity index (χ0) is 43.3. The minimum Gasteiger partial charge on any atom is -0.496 e. The van der Waals surface area contributed by atoms with E-state index in [0.717, 1.165) is 77.6 Å². The fourth-order valence-corrected chi connectivity index (χ4v) is 8.86. The number of methoxy groups -OCH3 is 1. The molecule has 0 saturated carbocycles. The van der Waals surface area contributed by atoms with Gasteiger partial charge >= 0.3 is 0 Å². The number of hydrogen-bond acceptors (Lipinski definition) is 11. The molecule has 0 radical (unpaired) electrons. The first-order valence-corrected chi connectivity index (χ1v) is 22.5. The minimum absolute atomic E-state index is 0.162. The van der Waals surface area contributed by atoms with Crippen LogP contribution in [0.3, 0.4) is 0 Å². The first-order chi connectivity index (χ1) is 28.9. The molecule has 0 saturated heterocycles. The molecule has 0 aliphatic rings. The molecule has 316 valence electrons. The van der Waals surface area contributed by atoms with Crippen molar-refractivity contribution in [1.29, 1.82) is 0 Å². The summed E-state index contributed by atoms with van der Waals surface area (Å²) in [5.74, 6) is 0.529. The molecule has 60 heavy (non-hydrogen) atoms. The van der Waals surface area contributed by atoms with E-state index in [1.54, 1.807) is 59.4 Å². The highest BCUT2D eigenvalue weighted by Crippen LogP contribution is 2.35. The van der Waals surface area contributed by atoms with Gasteiger partial charge in [-0.15, -0.1) is 20.4 Å². The number of aromatic nitrogens is 5. The van der Waals surface area contributed by atoms with Gasteiger partial charge < -0.3 is 9.64 Å². The minimum atomic E-state index is -0.180. The van der Waals surface area contributed by atoms with Gasteiger partial charge in [0.1, 0.15) is 20.9 Å². The zero-order valence-electron chi connectivity index (χ0n) is 34.8. The molecule has 0 aliphatic carbocycles. The van der Waals surface area contributed by atoms with Crippen LogP contribution in [-0.4, -0.2) is 81.9 Å². The van der Waals surface area contributed by atoms with E-state index in [1.165, 1.54) is 22.7 Å². The molecular weight excluding hydrogens is 859 g/mol. The number of unbranched alkanes of at least 4 members (excludes halogenated alkanes) is 1. The van der Waals surface area contributed by atoms with Gasteiger partial charge in [-0.1, -0.05) is 109 Å². The smallest absolute Gasteiger partial charge is 0.261 e. The van der Waals surface area contributed by atoms with Crippen molar-refractivity contribution in [1.82, 2.24) is 30.3 Å². The first-order valence-electron chi connectivity index (χ1n) is 19.7. The average Bonchev–Trinajstić information content (AvgIpc) is 3.93. The quantitative estimate of drug-likeness (QED) is 0.0875. The fourth-order valence-electron chi connectivity index (χ4n) is 6.47. The molecule has 0 bridgehead atoms. The van der Waals surface area contributed by atoms with Crippen LogP contribution in [0.4, 0.5) is 10.3 Å². The van der Waals surface area contributed by atoms with E-state index in [9.17, 15) is 9.59 Å². The van der Waals surface area contributed by atoms with Crippen LogP contribution in [0.2, 0.25) is 15.2 Å². The summed E-state index contributed by atoms with van der Waals surface area (Å²) in [5, 5.41) is 21.1. The van der Waals surface area contributed by atoms with Crippen LogP contribution in [0.15, 0.2) is 72.8 Å². The summed E-state index contributed by atoms with van der Waals surface area (Å²) in [5.41, 5.74) is 5.58. The Morgan fingerprint density at radius 3 is 1.58 bits per heavy atom. The number of anilines is 2. The SMILES string of the molecule is CCCCN(C(=O)c1ccccc1Cl)c1nnc(-c2cc(C)nc(Cl)c2)s1.CCN(CC)CCCN(C(=O)c1ccccc1Cl)c1nnc(-c2cc(C)c(OC)c(C)c2)s1. The van der Waals surface area contributed by atoms with Gasteiger partial charge in [0.15, 0.2) is 0 Å². The van der Waals surface area contributed by atoms with Gasteiger partial charge in [0, 0.05) is 29.9 Å². The summed E-state index contributed by atoms with van der Waals surface area (Å²) in [6, 6.07) is 21.9. The number of amides is 2. The van der Waals surface area contributed by atoms with Crippen LogP contribution < -0.4 is 14.5 Å². The average molecular weight is 908 g/mol. The lowest BCUT2D eigenvalue weighted by molar-refractivity contribution is 0.0978. The molecule has 0 aliphatic heterocycles. The molecule has 0 atom stereocenters. The Labute approximate surface area is 375 Å². The van der Waals surface area contributed by atoms with Crippen molar-refractivity contribution in [2.24, 2.45) is 0 Å². The molecule has 3 aromatic carbocycles. The second-order valence-corrected chi connectivity index (χ2v) is 17.0. The summed E-state index contributed by atoms with van der Waals surface area (Å²) in [4.78, 5) is 36.4. The van der Waals surface area contributed by atoms with E-state index in [1.807, 2.05) is 51.1 Å². The number of aryl methyl sites for hydroxylation is 3. The van der Waals surface area contributed by atoms with E-state index < -0.39 is 0 Å². The summed E-state index contributed by atoms with van der Waals surface area (Å²) in [6.07, 6.45) is 2.63. The van der Waals surface area contributed by atoms with Crippen molar-refractivity contribution in [2.45, 2.75) is 60.8 Å². The van der Waals surface area contributed by atoms with Gasteiger partial charge in [-0.25, -0.2) is 4.98 Å². The molecule has 2 amide bonds. The van der Waals surface area contributed by atoms with Gasteiger partial charge in [0.2, 0.25) is 10.3 Å². The second kappa shape index (κ2) is 22.4. The van der Waals surface area contributed by atoms with Gasteiger partial charge in [0.05, 0.1) is 28.3 Å². The highest BCUT2D eigenvalue weighted by molar-refractivity contribution is 7.19. The third-order valence-electron chi connectivity index (χ3n) is 9.56. The number of hydrogen-bond donors (Lipinski definition) is 0. The molecule has 6 aromatic rings. The predicted octanol–water partition coefficient (Wildman–Crippen LogP) is 11.5. The van der Waals surface area contributed by atoms with Crippen molar-refractivity contribution < 1.29 is 14.3 Å². The van der Waals surface area contributed by atoms with Crippen LogP contribution in [0.25, 0.3) is 21.1 Å². The van der Waals surface area contributed by atoms with Crippen LogP contribution in [-0.2, 0) is 0 Å². The number of halogens is 3. The third kappa shape index (κ3) is 11.9. The van der Waals surface area contributed by atoms with E-state index in [-0.39, 0.29) is 11.8 Å². The largest absolute Gasteiger partial charge is 0.496 e. The summed E-state index contributed by atoms with van der Waals surface area (Å²) < 4.78 is 5.48. The number of carbonyl (C=O) groups excluding carboxylic acids is 2. The fraction of sp³-hybridized carbons (Fsp3) is 0.341. The van der Waals surface area contributed by atoms with Crippen molar-refractivity contribution in [3.05, 3.63) is 116 Å². The molecule has 0 unspecified atom stereocenters. The summed E-state index contributed by atoms with van der Waals surface area (Å²) in [6.45, 7) is 16.2. The van der Waals surface area contributed by atoms with Crippen molar-refractivity contribution in [3.8, 4) is 26.9 Å². The van der Waals surface area contributed by atoms with Gasteiger partial charge in [-0.05, 0) is 113 Å². The van der Waals surface area contributed by atoms with Gasteiger partial charge in [0.25, 0.3) is 11.8 Å². The van der Waals surface area contributed by atoms with Crippen LogP contribution in [0.1, 0.15) is 77.6 Å². The lowest BCUT2D eigenvalue weighted by atomic mass is 10.1. The predicted molar refractivity (Wildman–Crippen MR) is 248 cm³/mol. The van der Waals surface area contributed by atoms with E-state index in [0.29, 0.717) is 54.7 Å².